The van der Waals surface area contributed by atoms with Crippen molar-refractivity contribution in [3.63, 3.8) is 0 Å². The molecule has 1 heterocycles. The van der Waals surface area contributed by atoms with E-state index >= 15 is 0 Å². The maximum absolute atomic E-state index is 9.46. The van der Waals surface area contributed by atoms with Gasteiger partial charge >= 0.3 is 0 Å². The third kappa shape index (κ3) is 6.10. The van der Waals surface area contributed by atoms with E-state index < -0.39 is 0 Å². The lowest BCUT2D eigenvalue weighted by Crippen LogP contribution is -2.01. The van der Waals surface area contributed by atoms with E-state index in [-0.39, 0.29) is 0 Å². The van der Waals surface area contributed by atoms with E-state index in [1.807, 2.05) is 66.7 Å². The van der Waals surface area contributed by atoms with Crippen LogP contribution in [-0.2, 0) is 0 Å². The van der Waals surface area contributed by atoms with Gasteiger partial charge in [-0.25, -0.2) is 15.0 Å². The van der Waals surface area contributed by atoms with Crippen molar-refractivity contribution in [2.24, 2.45) is 0 Å². The molecule has 0 unspecified atom stereocenters. The van der Waals surface area contributed by atoms with Crippen molar-refractivity contribution in [3.8, 4) is 73.6 Å². The number of fused-ring (bicyclic) bond motifs is 2. The van der Waals surface area contributed by atoms with Gasteiger partial charge in [-0.05, 0) is 134 Å². The van der Waals surface area contributed by atoms with Gasteiger partial charge in [0.25, 0.3) is 0 Å². The first-order valence-electron chi connectivity index (χ1n) is 22.2. The first-order chi connectivity index (χ1) is 32.6. The fourth-order valence-electron chi connectivity index (χ4n) is 10.2. The molecule has 0 saturated heterocycles. The van der Waals surface area contributed by atoms with Crippen molar-refractivity contribution in [1.29, 1.82) is 5.26 Å². The first kappa shape index (κ1) is 37.5. The summed E-state index contributed by atoms with van der Waals surface area (Å²) in [6.45, 7) is 0. The summed E-state index contributed by atoms with van der Waals surface area (Å²) in [5.74, 6) is 1.76. The molecule has 0 radical (unpaired) electrons. The number of hydrogen-bond acceptors (Lipinski definition) is 4. The second-order valence-electron chi connectivity index (χ2n) is 17.0. The van der Waals surface area contributed by atoms with Crippen LogP contribution in [0.4, 0.5) is 0 Å². The molecule has 13 rings (SSSR count). The third-order valence-electron chi connectivity index (χ3n) is 13.2. The van der Waals surface area contributed by atoms with Crippen molar-refractivity contribution in [2.45, 2.75) is 0 Å². The van der Waals surface area contributed by atoms with Crippen LogP contribution in [0.5, 0.6) is 0 Å². The van der Waals surface area contributed by atoms with Crippen LogP contribution in [0.1, 0.15) is 5.56 Å². The third-order valence-corrected chi connectivity index (χ3v) is 13.2. The van der Waals surface area contributed by atoms with Gasteiger partial charge in [0.15, 0.2) is 17.5 Å². The SMILES string of the molecule is N#Cc1ccc(-c2ccccc2-c2nc(-c3ccccc3)nc(-c3cccc(-c4cccc(-c5cc6ccc7cccc8c9cccc%10ccc%11cccc(c(c5)c6c78)c%11c%109)c4)c3)n2)cc1. The number of nitrogens with zero attached hydrogens (tertiary/aromatic N) is 4. The monoisotopic (exact) mass is 836 g/mol. The summed E-state index contributed by atoms with van der Waals surface area (Å²) in [4.78, 5) is 15.3. The molecular weight excluding hydrogens is 801 g/mol. The fraction of sp³-hybridized carbons (Fsp3) is 0. The first-order valence-corrected chi connectivity index (χ1v) is 22.2. The Morgan fingerprint density at radius 3 is 1.35 bits per heavy atom. The van der Waals surface area contributed by atoms with Crippen LogP contribution in [0.15, 0.2) is 218 Å². The highest BCUT2D eigenvalue weighted by Crippen LogP contribution is 2.45. The predicted molar refractivity (Wildman–Crippen MR) is 273 cm³/mol. The number of benzene rings is 11. The second kappa shape index (κ2) is 15.1. The quantitative estimate of drug-likeness (QED) is 0.157. The van der Waals surface area contributed by atoms with Gasteiger partial charge in [-0.1, -0.05) is 182 Å². The van der Waals surface area contributed by atoms with Gasteiger partial charge in [-0.3, -0.25) is 0 Å². The zero-order valence-corrected chi connectivity index (χ0v) is 35.6. The van der Waals surface area contributed by atoms with Crippen molar-refractivity contribution in [3.05, 3.63) is 224 Å². The molecule has 0 atom stereocenters. The van der Waals surface area contributed by atoms with Crippen molar-refractivity contribution in [1.82, 2.24) is 15.0 Å². The summed E-state index contributed by atoms with van der Waals surface area (Å²) in [5.41, 5.74) is 9.73. The standard InChI is InChI=1S/C62H36N4/c63-37-38-25-27-39(28-26-38)50-20-4-5-21-54(50)62-65-60(43-11-2-1-3-12-43)64-61(66-62)48-19-7-17-45(34-48)44-16-6-18-46(33-44)49-35-47-32-31-42-14-9-23-52-51-22-8-13-40-29-30-41-15-10-24-53(58(41)56(40)51)55(36-49)59(47)57(42)52/h1-36H. The molecule has 0 aliphatic heterocycles. The molecule has 304 valence electrons. The summed E-state index contributed by atoms with van der Waals surface area (Å²) >= 11 is 0. The molecule has 0 saturated carbocycles. The smallest absolute Gasteiger partial charge is 0.164 e. The van der Waals surface area contributed by atoms with Crippen LogP contribution in [0.2, 0.25) is 0 Å². The van der Waals surface area contributed by atoms with Crippen LogP contribution >= 0.6 is 0 Å². The van der Waals surface area contributed by atoms with Crippen LogP contribution in [0.3, 0.4) is 0 Å². The highest BCUT2D eigenvalue weighted by Gasteiger charge is 2.19. The zero-order valence-electron chi connectivity index (χ0n) is 35.6. The van der Waals surface area contributed by atoms with Crippen molar-refractivity contribution in [2.75, 3.05) is 0 Å². The highest BCUT2D eigenvalue weighted by molar-refractivity contribution is 6.37. The highest BCUT2D eigenvalue weighted by atomic mass is 15.0. The average Bonchev–Trinajstić information content (AvgIpc) is 3.39. The Kier molecular flexibility index (Phi) is 8.56. The van der Waals surface area contributed by atoms with Gasteiger partial charge < -0.3 is 0 Å². The minimum Gasteiger partial charge on any atom is -0.208 e. The average molecular weight is 837 g/mol. The maximum Gasteiger partial charge on any atom is 0.164 e. The Hall–Kier alpha value is -9.04. The molecule has 0 spiro atoms. The zero-order chi connectivity index (χ0) is 43.7. The largest absolute Gasteiger partial charge is 0.208 e. The summed E-state index contributed by atoms with van der Waals surface area (Å²) in [5, 5.41) is 24.7. The Balaban J connectivity index is 0.968. The van der Waals surface area contributed by atoms with Crippen LogP contribution in [0, 0.1) is 11.3 Å². The molecule has 0 aliphatic rings. The lowest BCUT2D eigenvalue weighted by atomic mass is 9.86. The molecule has 1 aromatic heterocycles. The predicted octanol–water partition coefficient (Wildman–Crippen LogP) is 16.1. The molecule has 4 heteroatoms. The lowest BCUT2D eigenvalue weighted by molar-refractivity contribution is 1.07. The number of hydrogen-bond donors (Lipinski definition) is 0. The summed E-state index contributed by atoms with van der Waals surface area (Å²) in [6.07, 6.45) is 0. The van der Waals surface area contributed by atoms with E-state index in [4.69, 9.17) is 15.0 Å². The van der Waals surface area contributed by atoms with Crippen molar-refractivity contribution < 1.29 is 0 Å². The molecular formula is C62H36N4. The molecule has 0 N–H and O–H groups in total. The summed E-state index contributed by atoms with van der Waals surface area (Å²) in [7, 11) is 0. The fourth-order valence-corrected chi connectivity index (χ4v) is 10.2. The topological polar surface area (TPSA) is 62.5 Å². The number of nitriles is 1. The maximum atomic E-state index is 9.46. The van der Waals surface area contributed by atoms with Gasteiger partial charge in [0.05, 0.1) is 11.6 Å². The van der Waals surface area contributed by atoms with Crippen molar-refractivity contribution >= 4 is 64.6 Å². The summed E-state index contributed by atoms with van der Waals surface area (Å²) < 4.78 is 0. The Morgan fingerprint density at radius 1 is 0.273 bits per heavy atom. The van der Waals surface area contributed by atoms with Gasteiger partial charge in [-0.2, -0.15) is 5.26 Å². The molecule has 0 bridgehead atoms. The van der Waals surface area contributed by atoms with Gasteiger partial charge in [0.1, 0.15) is 0 Å². The molecule has 0 amide bonds. The van der Waals surface area contributed by atoms with Crippen LogP contribution in [0.25, 0.3) is 132 Å². The molecule has 0 aliphatic carbocycles. The summed E-state index contributed by atoms with van der Waals surface area (Å²) in [6, 6.07) is 79.6. The second-order valence-corrected chi connectivity index (χ2v) is 17.0. The Bertz CT molecular complexity index is 4100. The van der Waals surface area contributed by atoms with Crippen LogP contribution in [-0.4, -0.2) is 15.0 Å². The van der Waals surface area contributed by atoms with Gasteiger partial charge in [0.2, 0.25) is 0 Å². The molecule has 13 aromatic rings. The Labute approximate surface area is 380 Å². The van der Waals surface area contributed by atoms with E-state index in [0.717, 1.165) is 44.5 Å². The lowest BCUT2D eigenvalue weighted by Gasteiger charge is -2.17. The molecule has 0 fully saturated rings. The Morgan fingerprint density at radius 2 is 0.727 bits per heavy atom. The molecule has 66 heavy (non-hydrogen) atoms. The normalized spacial score (nSPS) is 11.6. The van der Waals surface area contributed by atoms with Gasteiger partial charge in [0, 0.05) is 16.7 Å². The number of rotatable bonds is 6. The van der Waals surface area contributed by atoms with E-state index in [2.05, 4.69) is 158 Å². The van der Waals surface area contributed by atoms with E-state index in [0.29, 0.717) is 23.0 Å². The molecule has 12 aromatic carbocycles. The van der Waals surface area contributed by atoms with E-state index in [1.165, 1.54) is 70.2 Å². The van der Waals surface area contributed by atoms with Crippen LogP contribution < -0.4 is 0 Å². The van der Waals surface area contributed by atoms with Gasteiger partial charge in [-0.15, -0.1) is 0 Å². The van der Waals surface area contributed by atoms with E-state index in [9.17, 15) is 5.26 Å². The minimum atomic E-state index is 0.577. The minimum absolute atomic E-state index is 0.577. The number of aromatic nitrogens is 3. The van der Waals surface area contributed by atoms with E-state index in [1.54, 1.807) is 0 Å². The molecule has 4 nitrogen and oxygen atoms in total.